The number of pyridine rings is 1. The molecule has 4 rings (SSSR count). The number of rotatable bonds is 3. The number of nitrogens with one attached hydrogen (secondary N) is 1. The van der Waals surface area contributed by atoms with E-state index >= 15 is 0 Å². The second-order valence-corrected chi connectivity index (χ2v) is 5.77. The molecule has 1 aromatic heterocycles. The average Bonchev–Trinajstić information content (AvgIpc) is 3.09. The summed E-state index contributed by atoms with van der Waals surface area (Å²) in [5.41, 5.74) is 5.35. The Morgan fingerprint density at radius 1 is 1.54 bits per heavy atom. The first-order valence-corrected chi connectivity index (χ1v) is 7.35. The number of fused-ring (bicyclic) bond motifs is 2. The first-order chi connectivity index (χ1) is 12.7. The van der Waals surface area contributed by atoms with Crippen LogP contribution in [0.4, 0.5) is 10.6 Å². The Balaban J connectivity index is 1.77. The lowest BCUT2D eigenvalue weighted by atomic mass is 10.1. The smallest absolute Gasteiger partial charge is 0.407 e. The van der Waals surface area contributed by atoms with Gasteiger partial charge in [0.15, 0.2) is 0 Å². The van der Waals surface area contributed by atoms with Crippen LogP contribution in [0.1, 0.15) is 14.5 Å². The molecule has 8 heteroatoms. The summed E-state index contributed by atoms with van der Waals surface area (Å²) in [6.45, 7) is 0.943. The van der Waals surface area contributed by atoms with Crippen molar-refractivity contribution in [3.05, 3.63) is 30.0 Å². The van der Waals surface area contributed by atoms with Crippen LogP contribution < -0.4 is 20.7 Å². The zero-order valence-corrected chi connectivity index (χ0v) is 12.5. The molecule has 3 N–H and O–H groups in total. The van der Waals surface area contributed by atoms with E-state index in [2.05, 4.69) is 10.3 Å². The highest BCUT2D eigenvalue weighted by Gasteiger charge is 2.42. The number of anilines is 1. The molecule has 0 spiro atoms. The maximum atomic E-state index is 11.7. The predicted octanol–water partition coefficient (Wildman–Crippen LogP) is 0.639. The summed E-state index contributed by atoms with van der Waals surface area (Å²) < 4.78 is 32.1. The van der Waals surface area contributed by atoms with Crippen molar-refractivity contribution < 1.29 is 23.2 Å². The van der Waals surface area contributed by atoms with Crippen molar-refractivity contribution in [3.8, 4) is 5.75 Å². The Labute approximate surface area is 141 Å². The number of hydrogen-bond acceptors (Lipinski definition) is 6. The quantitative estimate of drug-likeness (QED) is 0.855. The van der Waals surface area contributed by atoms with Gasteiger partial charge in [-0.25, -0.2) is 9.78 Å². The number of nitrogens with zero attached hydrogens (tertiary/aromatic N) is 2. The molecule has 0 saturated carbocycles. The van der Waals surface area contributed by atoms with E-state index in [1.54, 1.807) is 12.3 Å². The standard InChI is InChI=1S/C16H16N4O4/c1-23-12-5-9-8(4-10(12)14(17)21)2-3-18-15(9)20-6-11-13(7-20)24-16(22)19-11/h2-5,11,13H,6-7H2,1H3,(H2,17,21)(H,19,22)/t11-,13+/m1/s1/i1D3. The van der Waals surface area contributed by atoms with Gasteiger partial charge in [0.05, 0.1) is 29.3 Å². The number of methoxy groups -OCH3 is 1. The number of benzene rings is 1. The lowest BCUT2D eigenvalue weighted by Crippen LogP contribution is -2.32. The molecule has 2 aliphatic heterocycles. The van der Waals surface area contributed by atoms with Crippen LogP contribution in [0.15, 0.2) is 24.4 Å². The van der Waals surface area contributed by atoms with Crippen LogP contribution in [0, 0.1) is 0 Å². The summed E-state index contributed by atoms with van der Waals surface area (Å²) in [7, 11) is -2.73. The summed E-state index contributed by atoms with van der Waals surface area (Å²) in [5.74, 6) is -0.347. The van der Waals surface area contributed by atoms with E-state index in [0.717, 1.165) is 0 Å². The van der Waals surface area contributed by atoms with Gasteiger partial charge in [0, 0.05) is 18.1 Å². The molecule has 8 nitrogen and oxygen atoms in total. The fourth-order valence-corrected chi connectivity index (χ4v) is 3.24. The second-order valence-electron chi connectivity index (χ2n) is 5.77. The molecule has 2 fully saturated rings. The minimum atomic E-state index is -2.73. The normalized spacial score (nSPS) is 24.6. The third-order valence-electron chi connectivity index (χ3n) is 4.35. The summed E-state index contributed by atoms with van der Waals surface area (Å²) in [6.07, 6.45) is 0.868. The monoisotopic (exact) mass is 331 g/mol. The topological polar surface area (TPSA) is 107 Å². The number of ether oxygens (including phenoxy) is 2. The molecule has 2 aliphatic rings. The fraction of sp³-hybridized carbons (Fsp3) is 0.312. The van der Waals surface area contributed by atoms with Gasteiger partial charge in [-0.3, -0.25) is 4.79 Å². The van der Waals surface area contributed by atoms with Crippen LogP contribution >= 0.6 is 0 Å². The average molecular weight is 331 g/mol. The maximum absolute atomic E-state index is 11.7. The molecule has 0 aliphatic carbocycles. The fourth-order valence-electron chi connectivity index (χ4n) is 3.24. The minimum absolute atomic E-state index is 0.0235. The van der Waals surface area contributed by atoms with Crippen molar-refractivity contribution in [3.63, 3.8) is 0 Å². The number of amides is 2. The second kappa shape index (κ2) is 5.26. The van der Waals surface area contributed by atoms with Gasteiger partial charge in [0.25, 0.3) is 5.91 Å². The summed E-state index contributed by atoms with van der Waals surface area (Å²) >= 11 is 0. The Bertz CT molecular complexity index is 933. The van der Waals surface area contributed by atoms with E-state index in [4.69, 9.17) is 19.3 Å². The first-order valence-electron chi connectivity index (χ1n) is 8.85. The molecule has 2 saturated heterocycles. The van der Waals surface area contributed by atoms with E-state index in [-0.39, 0.29) is 23.5 Å². The SMILES string of the molecule is [2H]C([2H])([2H])Oc1cc2c(N3C[C@@H]4OC(=O)N[C@@H]4C3)nccc2cc1C(N)=O. The molecule has 1 aromatic carbocycles. The van der Waals surface area contributed by atoms with Gasteiger partial charge < -0.3 is 25.4 Å². The van der Waals surface area contributed by atoms with Crippen LogP contribution in [0.5, 0.6) is 5.75 Å². The molecule has 0 unspecified atom stereocenters. The Kier molecular flexibility index (Phi) is 2.52. The predicted molar refractivity (Wildman–Crippen MR) is 86.2 cm³/mol. The molecular weight excluding hydrogens is 312 g/mol. The number of carbonyl (C=O) groups excluding carboxylic acids is 2. The largest absolute Gasteiger partial charge is 0.496 e. The first kappa shape index (κ1) is 11.5. The zero-order chi connectivity index (χ0) is 19.3. The van der Waals surface area contributed by atoms with Crippen molar-refractivity contribution in [2.75, 3.05) is 25.0 Å². The van der Waals surface area contributed by atoms with Crippen LogP contribution in [-0.2, 0) is 4.74 Å². The molecule has 2 aromatic rings. The third-order valence-corrected chi connectivity index (χ3v) is 4.35. The molecule has 124 valence electrons. The number of alkyl carbamates (subject to hydrolysis) is 1. The van der Waals surface area contributed by atoms with Crippen molar-refractivity contribution in [2.24, 2.45) is 5.73 Å². The van der Waals surface area contributed by atoms with Crippen molar-refractivity contribution in [2.45, 2.75) is 12.1 Å². The summed E-state index contributed by atoms with van der Waals surface area (Å²) in [5, 5.41) is 4.00. The number of carbonyl (C=O) groups is 2. The Morgan fingerprint density at radius 2 is 2.42 bits per heavy atom. The third kappa shape index (κ3) is 2.18. The highest BCUT2D eigenvalue weighted by Crippen LogP contribution is 2.33. The summed E-state index contributed by atoms with van der Waals surface area (Å²) in [4.78, 5) is 29.4. The molecule has 0 radical (unpaired) electrons. The molecule has 0 bridgehead atoms. The van der Waals surface area contributed by atoms with E-state index < -0.39 is 19.0 Å². The van der Waals surface area contributed by atoms with Gasteiger partial charge in [-0.15, -0.1) is 0 Å². The van der Waals surface area contributed by atoms with Crippen LogP contribution in [0.3, 0.4) is 0 Å². The van der Waals surface area contributed by atoms with Gasteiger partial charge in [0.1, 0.15) is 17.7 Å². The molecular formula is C16H16N4O4. The van der Waals surface area contributed by atoms with Crippen molar-refractivity contribution in [1.29, 1.82) is 0 Å². The number of aromatic nitrogens is 1. The summed E-state index contributed by atoms with van der Waals surface area (Å²) in [6, 6.07) is 4.49. The van der Waals surface area contributed by atoms with Gasteiger partial charge in [0.2, 0.25) is 0 Å². The Hall–Kier alpha value is -3.03. The number of hydrogen-bond donors (Lipinski definition) is 2. The maximum Gasteiger partial charge on any atom is 0.407 e. The number of primary amides is 1. The van der Waals surface area contributed by atoms with E-state index in [0.29, 0.717) is 29.7 Å². The van der Waals surface area contributed by atoms with Crippen molar-refractivity contribution in [1.82, 2.24) is 10.3 Å². The minimum Gasteiger partial charge on any atom is -0.496 e. The highest BCUT2D eigenvalue weighted by molar-refractivity contribution is 6.03. The lowest BCUT2D eigenvalue weighted by Gasteiger charge is -2.20. The lowest BCUT2D eigenvalue weighted by molar-refractivity contribution is 0.0997. The Morgan fingerprint density at radius 3 is 3.17 bits per heavy atom. The van der Waals surface area contributed by atoms with Gasteiger partial charge in [-0.2, -0.15) is 0 Å². The van der Waals surface area contributed by atoms with E-state index in [1.807, 2.05) is 4.90 Å². The molecule has 24 heavy (non-hydrogen) atoms. The molecule has 2 atom stereocenters. The van der Waals surface area contributed by atoms with Crippen LogP contribution in [0.2, 0.25) is 0 Å². The van der Waals surface area contributed by atoms with Gasteiger partial charge >= 0.3 is 6.09 Å². The molecule has 2 amide bonds. The highest BCUT2D eigenvalue weighted by atomic mass is 16.6. The molecule has 3 heterocycles. The van der Waals surface area contributed by atoms with Crippen molar-refractivity contribution >= 4 is 28.6 Å². The number of nitrogens with two attached hydrogens (primary N) is 1. The van der Waals surface area contributed by atoms with Gasteiger partial charge in [-0.05, 0) is 23.6 Å². The van der Waals surface area contributed by atoms with Gasteiger partial charge in [-0.1, -0.05) is 0 Å². The van der Waals surface area contributed by atoms with E-state index in [9.17, 15) is 9.59 Å². The van der Waals surface area contributed by atoms with Crippen LogP contribution in [0.25, 0.3) is 10.8 Å². The van der Waals surface area contributed by atoms with Crippen LogP contribution in [-0.4, -0.2) is 49.3 Å². The van der Waals surface area contributed by atoms with E-state index in [1.165, 1.54) is 12.1 Å². The zero-order valence-electron chi connectivity index (χ0n) is 15.5.